The molecule has 3 nitrogen and oxygen atoms in total. The number of carbonyl (C=O) groups is 1. The lowest BCUT2D eigenvalue weighted by Gasteiger charge is -2.13. The summed E-state index contributed by atoms with van der Waals surface area (Å²) in [6.45, 7) is 3.93. The normalized spacial score (nSPS) is 12.2. The van der Waals surface area contributed by atoms with Crippen molar-refractivity contribution in [2.75, 3.05) is 12.4 Å². The van der Waals surface area contributed by atoms with Gasteiger partial charge in [0.05, 0.1) is 0 Å². The molecule has 0 unspecified atom stereocenters. The highest BCUT2D eigenvalue weighted by Crippen LogP contribution is 2.10. The van der Waals surface area contributed by atoms with Crippen LogP contribution in [0, 0.1) is 6.92 Å². The van der Waals surface area contributed by atoms with Crippen molar-refractivity contribution in [3.05, 3.63) is 29.8 Å². The van der Waals surface area contributed by atoms with Crippen molar-refractivity contribution in [3.8, 4) is 0 Å². The monoisotopic (exact) mass is 207 g/mol. The minimum atomic E-state index is -0.369. The van der Waals surface area contributed by atoms with Gasteiger partial charge in [-0.3, -0.25) is 4.79 Å². The SMILES string of the molecule is CC[C@@H](OC)C(=O)Nc1ccc(C)cc1. The van der Waals surface area contributed by atoms with Crippen LogP contribution in [0.25, 0.3) is 0 Å². The Morgan fingerprint density at radius 1 is 1.40 bits per heavy atom. The summed E-state index contributed by atoms with van der Waals surface area (Å²) >= 11 is 0. The average molecular weight is 207 g/mol. The first-order chi connectivity index (χ1) is 7.17. The van der Waals surface area contributed by atoms with Crippen LogP contribution in [0.5, 0.6) is 0 Å². The van der Waals surface area contributed by atoms with E-state index in [2.05, 4.69) is 5.32 Å². The van der Waals surface area contributed by atoms with Crippen LogP contribution in [0.2, 0.25) is 0 Å². The largest absolute Gasteiger partial charge is 0.372 e. The van der Waals surface area contributed by atoms with Crippen LogP contribution in [-0.2, 0) is 9.53 Å². The average Bonchev–Trinajstić information content (AvgIpc) is 2.23. The van der Waals surface area contributed by atoms with E-state index in [0.717, 1.165) is 5.69 Å². The summed E-state index contributed by atoms with van der Waals surface area (Å²) in [5.74, 6) is -0.0937. The van der Waals surface area contributed by atoms with Gasteiger partial charge in [0.1, 0.15) is 6.10 Å². The molecule has 0 aliphatic heterocycles. The second kappa shape index (κ2) is 5.51. The number of aryl methyl sites for hydroxylation is 1. The van der Waals surface area contributed by atoms with E-state index in [0.29, 0.717) is 6.42 Å². The Morgan fingerprint density at radius 3 is 2.47 bits per heavy atom. The van der Waals surface area contributed by atoms with Crippen LogP contribution >= 0.6 is 0 Å². The zero-order valence-corrected chi connectivity index (χ0v) is 9.41. The first kappa shape index (κ1) is 11.7. The fourth-order valence-electron chi connectivity index (χ4n) is 1.32. The molecule has 0 spiro atoms. The summed E-state index contributed by atoms with van der Waals surface area (Å²) in [6, 6.07) is 7.69. The van der Waals surface area contributed by atoms with E-state index in [1.165, 1.54) is 5.56 Å². The van der Waals surface area contributed by atoms with Gasteiger partial charge in [-0.2, -0.15) is 0 Å². The van der Waals surface area contributed by atoms with Crippen molar-refractivity contribution < 1.29 is 9.53 Å². The highest BCUT2D eigenvalue weighted by molar-refractivity contribution is 5.94. The molecule has 0 aliphatic carbocycles. The quantitative estimate of drug-likeness (QED) is 0.823. The predicted molar refractivity (Wildman–Crippen MR) is 60.9 cm³/mol. The summed E-state index contributed by atoms with van der Waals surface area (Å²) in [6.07, 6.45) is 0.306. The second-order valence-electron chi connectivity index (χ2n) is 3.49. The summed E-state index contributed by atoms with van der Waals surface area (Å²) in [5.41, 5.74) is 1.98. The van der Waals surface area contributed by atoms with E-state index in [-0.39, 0.29) is 12.0 Å². The van der Waals surface area contributed by atoms with Gasteiger partial charge in [0, 0.05) is 12.8 Å². The van der Waals surface area contributed by atoms with Gasteiger partial charge in [-0.15, -0.1) is 0 Å². The molecule has 0 radical (unpaired) electrons. The Kier molecular flexibility index (Phi) is 4.31. The third-order valence-electron chi connectivity index (χ3n) is 2.27. The number of amides is 1. The van der Waals surface area contributed by atoms with E-state index in [4.69, 9.17) is 4.74 Å². The van der Waals surface area contributed by atoms with E-state index in [9.17, 15) is 4.79 Å². The maximum atomic E-state index is 11.6. The van der Waals surface area contributed by atoms with Crippen LogP contribution in [0.4, 0.5) is 5.69 Å². The van der Waals surface area contributed by atoms with Crippen molar-refractivity contribution >= 4 is 11.6 Å². The molecule has 0 saturated heterocycles. The molecule has 0 heterocycles. The van der Waals surface area contributed by atoms with E-state index >= 15 is 0 Å². The number of benzene rings is 1. The van der Waals surface area contributed by atoms with Crippen molar-refractivity contribution in [2.45, 2.75) is 26.4 Å². The molecule has 1 rings (SSSR count). The Balaban J connectivity index is 2.61. The molecule has 0 bridgehead atoms. The van der Waals surface area contributed by atoms with Crippen LogP contribution < -0.4 is 5.32 Å². The molecule has 1 amide bonds. The molecule has 1 aromatic rings. The second-order valence-corrected chi connectivity index (χ2v) is 3.49. The molecule has 0 fully saturated rings. The van der Waals surface area contributed by atoms with Crippen LogP contribution in [-0.4, -0.2) is 19.1 Å². The number of methoxy groups -OCH3 is 1. The Bertz CT molecular complexity index is 315. The first-order valence-corrected chi connectivity index (χ1v) is 5.07. The van der Waals surface area contributed by atoms with Crippen molar-refractivity contribution in [2.24, 2.45) is 0 Å². The van der Waals surface area contributed by atoms with Crippen LogP contribution in [0.1, 0.15) is 18.9 Å². The number of rotatable bonds is 4. The molecule has 1 N–H and O–H groups in total. The van der Waals surface area contributed by atoms with Gasteiger partial charge in [0.2, 0.25) is 0 Å². The van der Waals surface area contributed by atoms with E-state index in [1.54, 1.807) is 7.11 Å². The fraction of sp³-hybridized carbons (Fsp3) is 0.417. The number of ether oxygens (including phenoxy) is 1. The molecule has 15 heavy (non-hydrogen) atoms. The first-order valence-electron chi connectivity index (χ1n) is 5.07. The molecule has 3 heteroatoms. The molecule has 1 aromatic carbocycles. The summed E-state index contributed by atoms with van der Waals surface area (Å²) in [5, 5.41) is 2.81. The maximum absolute atomic E-state index is 11.6. The number of nitrogens with one attached hydrogen (secondary N) is 1. The number of carbonyl (C=O) groups excluding carboxylic acids is 1. The van der Waals surface area contributed by atoms with Crippen LogP contribution in [0.3, 0.4) is 0 Å². The maximum Gasteiger partial charge on any atom is 0.253 e. The number of hydrogen-bond donors (Lipinski definition) is 1. The van der Waals surface area contributed by atoms with Crippen molar-refractivity contribution in [1.29, 1.82) is 0 Å². The lowest BCUT2D eigenvalue weighted by molar-refractivity contribution is -0.125. The highest BCUT2D eigenvalue weighted by atomic mass is 16.5. The molecule has 1 atom stereocenters. The Morgan fingerprint density at radius 2 is 2.00 bits per heavy atom. The Labute approximate surface area is 90.4 Å². The summed E-state index contributed by atoms with van der Waals surface area (Å²) in [4.78, 5) is 11.6. The van der Waals surface area contributed by atoms with Gasteiger partial charge in [-0.05, 0) is 25.5 Å². The van der Waals surface area contributed by atoms with Gasteiger partial charge in [-0.25, -0.2) is 0 Å². The fourth-order valence-corrected chi connectivity index (χ4v) is 1.32. The van der Waals surface area contributed by atoms with Crippen molar-refractivity contribution in [3.63, 3.8) is 0 Å². The number of hydrogen-bond acceptors (Lipinski definition) is 2. The van der Waals surface area contributed by atoms with Gasteiger partial charge in [0.25, 0.3) is 5.91 Å². The van der Waals surface area contributed by atoms with Gasteiger partial charge in [-0.1, -0.05) is 24.6 Å². The third kappa shape index (κ3) is 3.36. The summed E-state index contributed by atoms with van der Waals surface area (Å²) < 4.78 is 5.05. The molecule has 0 aromatic heterocycles. The molecule has 82 valence electrons. The summed E-state index contributed by atoms with van der Waals surface area (Å²) in [7, 11) is 1.54. The lowest BCUT2D eigenvalue weighted by Crippen LogP contribution is -2.28. The van der Waals surface area contributed by atoms with Crippen molar-refractivity contribution in [1.82, 2.24) is 0 Å². The molecule has 0 saturated carbocycles. The minimum Gasteiger partial charge on any atom is -0.372 e. The van der Waals surface area contributed by atoms with E-state index in [1.807, 2.05) is 38.1 Å². The van der Waals surface area contributed by atoms with Gasteiger partial charge < -0.3 is 10.1 Å². The standard InChI is InChI=1S/C12H17NO2/c1-4-11(15-3)12(14)13-10-7-5-9(2)6-8-10/h5-8,11H,4H2,1-3H3,(H,13,14)/t11-/m1/s1. The molecular weight excluding hydrogens is 190 g/mol. The molecule has 0 aliphatic rings. The van der Waals surface area contributed by atoms with E-state index < -0.39 is 0 Å². The Hall–Kier alpha value is -1.35. The zero-order chi connectivity index (χ0) is 11.3. The smallest absolute Gasteiger partial charge is 0.253 e. The predicted octanol–water partition coefficient (Wildman–Crippen LogP) is 2.36. The minimum absolute atomic E-state index is 0.0937. The third-order valence-corrected chi connectivity index (χ3v) is 2.27. The van der Waals surface area contributed by atoms with Gasteiger partial charge >= 0.3 is 0 Å². The topological polar surface area (TPSA) is 38.3 Å². The molecular formula is C12H17NO2. The highest BCUT2D eigenvalue weighted by Gasteiger charge is 2.14. The zero-order valence-electron chi connectivity index (χ0n) is 9.41. The van der Waals surface area contributed by atoms with Gasteiger partial charge in [0.15, 0.2) is 0 Å². The number of anilines is 1. The van der Waals surface area contributed by atoms with Crippen LogP contribution in [0.15, 0.2) is 24.3 Å². The lowest BCUT2D eigenvalue weighted by atomic mass is 10.2.